The van der Waals surface area contributed by atoms with Crippen LogP contribution in [0.3, 0.4) is 0 Å². The van der Waals surface area contributed by atoms with Gasteiger partial charge in [0.2, 0.25) is 5.91 Å². The predicted octanol–water partition coefficient (Wildman–Crippen LogP) is 4.01. The molecule has 0 aliphatic heterocycles. The van der Waals surface area contributed by atoms with Gasteiger partial charge in [0.15, 0.2) is 5.12 Å². The zero-order valence-corrected chi connectivity index (χ0v) is 14.9. The van der Waals surface area contributed by atoms with Crippen molar-refractivity contribution in [2.45, 2.75) is 73.0 Å². The van der Waals surface area contributed by atoms with Gasteiger partial charge in [-0.25, -0.2) is 0 Å². The summed E-state index contributed by atoms with van der Waals surface area (Å²) >= 11 is 1.41. The highest BCUT2D eigenvalue weighted by atomic mass is 32.2. The van der Waals surface area contributed by atoms with E-state index >= 15 is 0 Å². The van der Waals surface area contributed by atoms with E-state index in [2.05, 4.69) is 26.1 Å². The number of rotatable bonds is 8. The van der Waals surface area contributed by atoms with Crippen LogP contribution in [0, 0.1) is 10.8 Å². The first kappa shape index (κ1) is 19.5. The number of carbonyl (C=O) groups excluding carboxylic acids is 2. The molecule has 0 saturated heterocycles. The fraction of sp³-hybridized carbons (Fsp3) is 0.875. The van der Waals surface area contributed by atoms with E-state index < -0.39 is 5.41 Å². The lowest BCUT2D eigenvalue weighted by Crippen LogP contribution is -2.42. The minimum absolute atomic E-state index is 0.0574. The first-order chi connectivity index (χ1) is 9.06. The predicted molar refractivity (Wildman–Crippen MR) is 87.8 cm³/mol. The van der Waals surface area contributed by atoms with Crippen LogP contribution in [0.25, 0.3) is 0 Å². The van der Waals surface area contributed by atoms with Gasteiger partial charge in [-0.05, 0) is 24.7 Å². The normalized spacial score (nSPS) is 13.9. The minimum Gasteiger partial charge on any atom is -0.356 e. The van der Waals surface area contributed by atoms with Crippen molar-refractivity contribution in [1.29, 1.82) is 0 Å². The first-order valence-corrected chi connectivity index (χ1v) is 8.40. The van der Waals surface area contributed by atoms with Crippen LogP contribution in [0.5, 0.6) is 0 Å². The monoisotopic (exact) mass is 301 g/mol. The molecule has 0 bridgehead atoms. The van der Waals surface area contributed by atoms with Crippen molar-refractivity contribution in [3.05, 3.63) is 0 Å². The van der Waals surface area contributed by atoms with Crippen molar-refractivity contribution >= 4 is 22.8 Å². The SMILES string of the molecule is CCCNC(=O)C(C)(C)CC(C)(C)C(CC)SC(C)=O. The number of carbonyl (C=O) groups is 2. The van der Waals surface area contributed by atoms with Gasteiger partial charge in [0, 0.05) is 24.1 Å². The largest absolute Gasteiger partial charge is 0.356 e. The molecule has 0 aromatic carbocycles. The van der Waals surface area contributed by atoms with Crippen molar-refractivity contribution in [2.24, 2.45) is 10.8 Å². The third kappa shape index (κ3) is 6.29. The molecule has 1 N–H and O–H groups in total. The second-order valence-electron chi connectivity index (χ2n) is 6.81. The number of thioether (sulfide) groups is 1. The highest BCUT2D eigenvalue weighted by Crippen LogP contribution is 2.42. The number of hydrogen-bond donors (Lipinski definition) is 1. The zero-order valence-electron chi connectivity index (χ0n) is 14.1. The van der Waals surface area contributed by atoms with E-state index in [0.29, 0.717) is 0 Å². The molecule has 0 aliphatic rings. The minimum atomic E-state index is -0.413. The van der Waals surface area contributed by atoms with E-state index in [1.807, 2.05) is 20.8 Å². The number of amides is 1. The van der Waals surface area contributed by atoms with E-state index in [1.165, 1.54) is 11.8 Å². The van der Waals surface area contributed by atoms with E-state index in [1.54, 1.807) is 6.92 Å². The molecule has 20 heavy (non-hydrogen) atoms. The third-order valence-electron chi connectivity index (χ3n) is 3.60. The fourth-order valence-electron chi connectivity index (χ4n) is 2.81. The summed E-state index contributed by atoms with van der Waals surface area (Å²) in [5.41, 5.74) is -0.471. The molecule has 0 radical (unpaired) electrons. The molecule has 0 heterocycles. The maximum atomic E-state index is 12.2. The topological polar surface area (TPSA) is 46.2 Å². The Bertz CT molecular complexity index is 337. The molecular weight excluding hydrogens is 270 g/mol. The average molecular weight is 301 g/mol. The molecule has 3 nitrogen and oxygen atoms in total. The van der Waals surface area contributed by atoms with Gasteiger partial charge in [-0.3, -0.25) is 9.59 Å². The molecule has 0 aromatic heterocycles. The lowest BCUT2D eigenvalue weighted by molar-refractivity contribution is -0.130. The molecule has 0 rings (SSSR count). The lowest BCUT2D eigenvalue weighted by Gasteiger charge is -2.38. The Balaban J connectivity index is 4.85. The van der Waals surface area contributed by atoms with Gasteiger partial charge in [0.05, 0.1) is 0 Å². The van der Waals surface area contributed by atoms with Crippen LogP contribution in [0.1, 0.15) is 67.7 Å². The third-order valence-corrected chi connectivity index (χ3v) is 5.19. The molecule has 1 atom stereocenters. The number of hydrogen-bond acceptors (Lipinski definition) is 3. The van der Waals surface area contributed by atoms with Crippen molar-refractivity contribution in [3.63, 3.8) is 0 Å². The highest BCUT2D eigenvalue weighted by molar-refractivity contribution is 8.14. The van der Waals surface area contributed by atoms with Gasteiger partial charge >= 0.3 is 0 Å². The van der Waals surface area contributed by atoms with Crippen molar-refractivity contribution < 1.29 is 9.59 Å². The summed E-state index contributed by atoms with van der Waals surface area (Å²) in [6.07, 6.45) is 2.65. The average Bonchev–Trinajstić information content (AvgIpc) is 2.30. The molecule has 1 amide bonds. The van der Waals surface area contributed by atoms with Crippen LogP contribution in [0.4, 0.5) is 0 Å². The summed E-state index contributed by atoms with van der Waals surface area (Å²) < 4.78 is 0. The highest BCUT2D eigenvalue weighted by Gasteiger charge is 2.39. The second-order valence-corrected chi connectivity index (χ2v) is 8.19. The van der Waals surface area contributed by atoms with E-state index in [-0.39, 0.29) is 21.7 Å². The van der Waals surface area contributed by atoms with Gasteiger partial charge in [-0.15, -0.1) is 0 Å². The fourth-order valence-corrected chi connectivity index (χ4v) is 3.78. The zero-order chi connectivity index (χ0) is 16.0. The van der Waals surface area contributed by atoms with Gasteiger partial charge < -0.3 is 5.32 Å². The Morgan fingerprint density at radius 1 is 1.15 bits per heavy atom. The van der Waals surface area contributed by atoms with E-state index in [9.17, 15) is 9.59 Å². The summed E-state index contributed by atoms with van der Waals surface area (Å²) in [6.45, 7) is 14.8. The Hall–Kier alpha value is -0.510. The summed E-state index contributed by atoms with van der Waals surface area (Å²) in [7, 11) is 0. The Labute approximate surface area is 128 Å². The molecule has 118 valence electrons. The Kier molecular flexibility index (Phi) is 7.85. The summed E-state index contributed by atoms with van der Waals surface area (Å²) in [6, 6.07) is 0. The van der Waals surface area contributed by atoms with Gasteiger partial charge in [0.25, 0.3) is 0 Å². The summed E-state index contributed by atoms with van der Waals surface area (Å²) in [4.78, 5) is 23.6. The maximum Gasteiger partial charge on any atom is 0.225 e. The second kappa shape index (κ2) is 8.06. The van der Waals surface area contributed by atoms with Gasteiger partial charge in [-0.1, -0.05) is 53.3 Å². The van der Waals surface area contributed by atoms with Crippen molar-refractivity contribution in [2.75, 3.05) is 6.54 Å². The molecule has 0 aromatic rings. The molecule has 1 unspecified atom stereocenters. The van der Waals surface area contributed by atoms with Crippen LogP contribution < -0.4 is 5.32 Å². The molecule has 0 saturated carbocycles. The van der Waals surface area contributed by atoms with Crippen LogP contribution in [-0.4, -0.2) is 22.8 Å². The maximum absolute atomic E-state index is 12.2. The van der Waals surface area contributed by atoms with Crippen LogP contribution >= 0.6 is 11.8 Å². The summed E-state index contributed by atoms with van der Waals surface area (Å²) in [5, 5.41) is 3.38. The van der Waals surface area contributed by atoms with Gasteiger partial charge in [-0.2, -0.15) is 0 Å². The molecular formula is C16H31NO2S. The molecule has 4 heteroatoms. The van der Waals surface area contributed by atoms with Gasteiger partial charge in [0.1, 0.15) is 0 Å². The molecule has 0 aliphatic carbocycles. The van der Waals surface area contributed by atoms with Crippen molar-refractivity contribution in [1.82, 2.24) is 5.32 Å². The van der Waals surface area contributed by atoms with Crippen LogP contribution in [-0.2, 0) is 9.59 Å². The van der Waals surface area contributed by atoms with Crippen LogP contribution in [0.2, 0.25) is 0 Å². The van der Waals surface area contributed by atoms with Crippen LogP contribution in [0.15, 0.2) is 0 Å². The van der Waals surface area contributed by atoms with Crippen molar-refractivity contribution in [3.8, 4) is 0 Å². The molecule has 0 spiro atoms. The number of nitrogens with one attached hydrogen (secondary N) is 1. The van der Waals surface area contributed by atoms with E-state index in [4.69, 9.17) is 0 Å². The summed E-state index contributed by atoms with van der Waals surface area (Å²) in [5.74, 6) is 0.107. The molecule has 0 fully saturated rings. The Morgan fingerprint density at radius 3 is 2.10 bits per heavy atom. The standard InChI is InChI=1S/C16H31NO2S/c1-8-10-17-14(19)16(6,7)11-15(4,5)13(9-2)20-12(3)18/h13H,8-11H2,1-7H3,(H,17,19). The Morgan fingerprint density at radius 2 is 1.70 bits per heavy atom. The smallest absolute Gasteiger partial charge is 0.225 e. The van der Waals surface area contributed by atoms with E-state index in [0.717, 1.165) is 25.8 Å². The lowest BCUT2D eigenvalue weighted by atomic mass is 9.72. The quantitative estimate of drug-likeness (QED) is 0.736. The first-order valence-electron chi connectivity index (χ1n) is 7.52.